The first-order valence-electron chi connectivity index (χ1n) is 7.85. The number of carbonyl (C=O) groups excluding carboxylic acids is 1. The van der Waals surface area contributed by atoms with Gasteiger partial charge in [-0.15, -0.1) is 11.8 Å². The summed E-state index contributed by atoms with van der Waals surface area (Å²) in [6.07, 6.45) is 6.89. The van der Waals surface area contributed by atoms with Gasteiger partial charge in [-0.3, -0.25) is 4.79 Å². The van der Waals surface area contributed by atoms with Crippen LogP contribution < -0.4 is 10.2 Å². The van der Waals surface area contributed by atoms with Crippen molar-refractivity contribution in [2.45, 2.75) is 56.1 Å². The number of carbonyl (C=O) groups is 1. The van der Waals surface area contributed by atoms with E-state index in [4.69, 9.17) is 0 Å². The van der Waals surface area contributed by atoms with Gasteiger partial charge in [0.15, 0.2) is 6.04 Å². The molecule has 0 heterocycles. The van der Waals surface area contributed by atoms with Crippen LogP contribution in [-0.4, -0.2) is 31.3 Å². The highest BCUT2D eigenvalue weighted by atomic mass is 32.2. The molecule has 0 bridgehead atoms. The zero-order valence-electron chi connectivity index (χ0n) is 13.3. The van der Waals surface area contributed by atoms with Crippen molar-refractivity contribution in [2.75, 3.05) is 13.3 Å². The van der Waals surface area contributed by atoms with Gasteiger partial charge in [-0.1, -0.05) is 25.0 Å². The molecule has 1 aliphatic carbocycles. The van der Waals surface area contributed by atoms with Crippen molar-refractivity contribution >= 4 is 17.7 Å². The molecule has 21 heavy (non-hydrogen) atoms. The zero-order chi connectivity index (χ0) is 15.2. The van der Waals surface area contributed by atoms with Crippen molar-refractivity contribution in [3.63, 3.8) is 0 Å². The predicted octanol–water partition coefficient (Wildman–Crippen LogP) is 1.87. The van der Waals surface area contributed by atoms with E-state index in [9.17, 15) is 4.79 Å². The summed E-state index contributed by atoms with van der Waals surface area (Å²) in [5, 5.41) is 3.20. The summed E-state index contributed by atoms with van der Waals surface area (Å²) in [5.74, 6) is 0.195. The molecule has 116 valence electrons. The number of thioether (sulfide) groups is 1. The Balaban J connectivity index is 1.85. The van der Waals surface area contributed by atoms with Crippen LogP contribution in [0.15, 0.2) is 29.2 Å². The number of amides is 1. The van der Waals surface area contributed by atoms with Gasteiger partial charge in [0.05, 0.1) is 7.05 Å². The minimum atomic E-state index is -0.00849. The predicted molar refractivity (Wildman–Crippen MR) is 88.7 cm³/mol. The van der Waals surface area contributed by atoms with Crippen LogP contribution in [0.3, 0.4) is 0 Å². The van der Waals surface area contributed by atoms with Crippen LogP contribution in [0.25, 0.3) is 0 Å². The Morgan fingerprint density at radius 1 is 1.33 bits per heavy atom. The standard InChI is InChI=1S/C17H26N2OS/c1-13(17(20)18-15-6-4-5-7-15)19(2)12-14-8-10-16(21-3)11-9-14/h8-11,13,15H,4-7,12H2,1-3H3,(H,18,20)/p+1/t13-/m1/s1. The third-order valence-corrected chi connectivity index (χ3v) is 5.22. The van der Waals surface area contributed by atoms with Gasteiger partial charge in [0.2, 0.25) is 0 Å². The SMILES string of the molecule is CSc1ccc(C[NH+](C)[C@H](C)C(=O)NC2CCCC2)cc1. The highest BCUT2D eigenvalue weighted by Crippen LogP contribution is 2.17. The van der Waals surface area contributed by atoms with Crippen molar-refractivity contribution in [3.05, 3.63) is 29.8 Å². The van der Waals surface area contributed by atoms with Gasteiger partial charge in [-0.25, -0.2) is 0 Å². The molecule has 0 radical (unpaired) electrons. The molecule has 1 unspecified atom stereocenters. The summed E-state index contributed by atoms with van der Waals surface area (Å²) >= 11 is 1.75. The molecule has 1 saturated carbocycles. The van der Waals surface area contributed by atoms with Crippen molar-refractivity contribution in [2.24, 2.45) is 0 Å². The van der Waals surface area contributed by atoms with Gasteiger partial charge in [0.25, 0.3) is 5.91 Å². The van der Waals surface area contributed by atoms with Crippen LogP contribution in [0.2, 0.25) is 0 Å². The summed E-state index contributed by atoms with van der Waals surface area (Å²) in [6.45, 7) is 2.91. The summed E-state index contributed by atoms with van der Waals surface area (Å²) < 4.78 is 0. The fourth-order valence-electron chi connectivity index (χ4n) is 2.84. The molecule has 4 heteroatoms. The second-order valence-corrected chi connectivity index (χ2v) is 6.96. The Hall–Kier alpha value is -1.00. The summed E-state index contributed by atoms with van der Waals surface area (Å²) in [6, 6.07) is 9.03. The molecular weight excluding hydrogens is 280 g/mol. The van der Waals surface area contributed by atoms with Gasteiger partial charge in [0.1, 0.15) is 6.54 Å². The lowest BCUT2D eigenvalue weighted by molar-refractivity contribution is -0.908. The molecular formula is C17H27N2OS+. The van der Waals surface area contributed by atoms with E-state index in [1.165, 1.54) is 28.2 Å². The number of benzene rings is 1. The van der Waals surface area contributed by atoms with E-state index in [0.29, 0.717) is 6.04 Å². The third kappa shape index (κ3) is 4.75. The smallest absolute Gasteiger partial charge is 0.278 e. The average molecular weight is 307 g/mol. The molecule has 2 rings (SSSR count). The quantitative estimate of drug-likeness (QED) is 0.787. The topological polar surface area (TPSA) is 33.5 Å². The Kier molecular flexibility index (Phi) is 6.12. The molecule has 0 aromatic heterocycles. The highest BCUT2D eigenvalue weighted by molar-refractivity contribution is 7.98. The summed E-state index contributed by atoms with van der Waals surface area (Å²) in [7, 11) is 2.10. The number of nitrogens with one attached hydrogen (secondary N) is 2. The number of hydrogen-bond donors (Lipinski definition) is 2. The van der Waals surface area contributed by atoms with Crippen LogP contribution >= 0.6 is 11.8 Å². The number of hydrogen-bond acceptors (Lipinski definition) is 2. The largest absolute Gasteiger partial charge is 0.348 e. The molecule has 2 N–H and O–H groups in total. The zero-order valence-corrected chi connectivity index (χ0v) is 14.1. The van der Waals surface area contributed by atoms with E-state index in [-0.39, 0.29) is 11.9 Å². The first-order valence-corrected chi connectivity index (χ1v) is 9.08. The van der Waals surface area contributed by atoms with Crippen LogP contribution in [0.1, 0.15) is 38.2 Å². The van der Waals surface area contributed by atoms with Crippen LogP contribution in [0.4, 0.5) is 0 Å². The van der Waals surface area contributed by atoms with E-state index in [1.807, 2.05) is 6.92 Å². The molecule has 3 nitrogen and oxygen atoms in total. The van der Waals surface area contributed by atoms with Crippen LogP contribution in [0, 0.1) is 0 Å². The second-order valence-electron chi connectivity index (χ2n) is 6.08. The van der Waals surface area contributed by atoms with Gasteiger partial charge in [-0.05, 0) is 38.2 Å². The Morgan fingerprint density at radius 3 is 2.52 bits per heavy atom. The van der Waals surface area contributed by atoms with Crippen molar-refractivity contribution in [1.29, 1.82) is 0 Å². The minimum Gasteiger partial charge on any atom is -0.348 e. The van der Waals surface area contributed by atoms with E-state index in [1.54, 1.807) is 11.8 Å². The van der Waals surface area contributed by atoms with Gasteiger partial charge >= 0.3 is 0 Å². The maximum Gasteiger partial charge on any atom is 0.278 e. The lowest BCUT2D eigenvalue weighted by Gasteiger charge is -2.23. The first kappa shape index (κ1) is 16.4. The van der Waals surface area contributed by atoms with E-state index in [2.05, 4.69) is 42.9 Å². The van der Waals surface area contributed by atoms with Crippen LogP contribution in [-0.2, 0) is 11.3 Å². The summed E-state index contributed by atoms with van der Waals surface area (Å²) in [5.41, 5.74) is 1.28. The van der Waals surface area contributed by atoms with E-state index >= 15 is 0 Å². The molecule has 0 spiro atoms. The van der Waals surface area contributed by atoms with Gasteiger partial charge in [-0.2, -0.15) is 0 Å². The van der Waals surface area contributed by atoms with Gasteiger partial charge in [0, 0.05) is 16.5 Å². The maximum atomic E-state index is 12.3. The molecule has 0 aliphatic heterocycles. The second kappa shape index (κ2) is 7.85. The number of rotatable bonds is 6. The highest BCUT2D eigenvalue weighted by Gasteiger charge is 2.25. The molecule has 2 atom stereocenters. The van der Waals surface area contributed by atoms with E-state index < -0.39 is 0 Å². The monoisotopic (exact) mass is 307 g/mol. The Morgan fingerprint density at radius 2 is 1.95 bits per heavy atom. The van der Waals surface area contributed by atoms with Crippen LogP contribution in [0.5, 0.6) is 0 Å². The molecule has 0 saturated heterocycles. The number of quaternary nitrogens is 1. The average Bonchev–Trinajstić information content (AvgIpc) is 3.00. The fraction of sp³-hybridized carbons (Fsp3) is 0.588. The molecule has 1 aromatic carbocycles. The molecule has 1 aromatic rings. The lowest BCUT2D eigenvalue weighted by atomic mass is 10.1. The Labute approximate surface area is 132 Å². The molecule has 1 aliphatic rings. The van der Waals surface area contributed by atoms with Gasteiger partial charge < -0.3 is 10.2 Å². The van der Waals surface area contributed by atoms with Crippen molar-refractivity contribution in [1.82, 2.24) is 5.32 Å². The Bertz CT molecular complexity index is 454. The summed E-state index contributed by atoms with van der Waals surface area (Å²) in [4.78, 5) is 14.8. The van der Waals surface area contributed by atoms with Crippen molar-refractivity contribution < 1.29 is 9.69 Å². The number of likely N-dealkylation sites (N-methyl/N-ethyl adjacent to an activating group) is 1. The first-order chi connectivity index (χ1) is 10.1. The molecule has 1 fully saturated rings. The van der Waals surface area contributed by atoms with Crippen molar-refractivity contribution in [3.8, 4) is 0 Å². The minimum absolute atomic E-state index is 0.00849. The molecule has 1 amide bonds. The fourth-order valence-corrected chi connectivity index (χ4v) is 3.25. The normalized spacial score (nSPS) is 18.4. The third-order valence-electron chi connectivity index (χ3n) is 4.48. The maximum absolute atomic E-state index is 12.3. The van der Waals surface area contributed by atoms with E-state index in [0.717, 1.165) is 19.4 Å². The lowest BCUT2D eigenvalue weighted by Crippen LogP contribution is -3.12.